The highest BCUT2D eigenvalue weighted by molar-refractivity contribution is 5.41. The first-order chi connectivity index (χ1) is 10.1. The summed E-state index contributed by atoms with van der Waals surface area (Å²) < 4.78 is 5.01. The highest BCUT2D eigenvalue weighted by atomic mass is 16.6. The summed E-state index contributed by atoms with van der Waals surface area (Å²) in [5.41, 5.74) is 1.40. The van der Waals surface area contributed by atoms with Crippen LogP contribution in [-0.2, 0) is 13.1 Å². The molecule has 110 valence electrons. The highest BCUT2D eigenvalue weighted by Crippen LogP contribution is 2.23. The predicted octanol–water partition coefficient (Wildman–Crippen LogP) is 2.60. The maximum absolute atomic E-state index is 10.9. The number of benzene rings is 2. The maximum Gasteiger partial charge on any atom is 0.273 e. The van der Waals surface area contributed by atoms with Crippen LogP contribution in [0.4, 0.5) is 5.69 Å². The second kappa shape index (κ2) is 6.71. The van der Waals surface area contributed by atoms with Crippen LogP contribution >= 0.6 is 0 Å². The fourth-order valence-electron chi connectivity index (χ4n) is 1.99. The lowest BCUT2D eigenvalue weighted by Crippen LogP contribution is -2.13. The van der Waals surface area contributed by atoms with Gasteiger partial charge in [0.1, 0.15) is 11.5 Å². The summed E-state index contributed by atoms with van der Waals surface area (Å²) >= 11 is 0. The van der Waals surface area contributed by atoms with Gasteiger partial charge in [-0.3, -0.25) is 10.1 Å². The van der Waals surface area contributed by atoms with Gasteiger partial charge in [0.15, 0.2) is 0 Å². The summed E-state index contributed by atoms with van der Waals surface area (Å²) in [5, 5.41) is 23.8. The molecule has 0 aliphatic rings. The first-order valence-corrected chi connectivity index (χ1v) is 6.40. The molecule has 0 fully saturated rings. The van der Waals surface area contributed by atoms with E-state index >= 15 is 0 Å². The Labute approximate surface area is 122 Å². The topological polar surface area (TPSA) is 84.6 Å². The average molecular weight is 288 g/mol. The number of nitrogens with zero attached hydrogens (tertiary/aromatic N) is 1. The van der Waals surface area contributed by atoms with Gasteiger partial charge in [-0.15, -0.1) is 0 Å². The van der Waals surface area contributed by atoms with Crippen molar-refractivity contribution in [2.24, 2.45) is 0 Å². The second-order valence-electron chi connectivity index (χ2n) is 4.48. The minimum Gasteiger partial charge on any atom is -0.507 e. The van der Waals surface area contributed by atoms with Crippen LogP contribution in [0.1, 0.15) is 11.1 Å². The van der Waals surface area contributed by atoms with Crippen LogP contribution in [0.2, 0.25) is 0 Å². The zero-order valence-electron chi connectivity index (χ0n) is 11.6. The smallest absolute Gasteiger partial charge is 0.273 e. The Kier molecular flexibility index (Phi) is 4.73. The fourth-order valence-corrected chi connectivity index (χ4v) is 1.99. The van der Waals surface area contributed by atoms with Crippen molar-refractivity contribution in [1.82, 2.24) is 5.32 Å². The van der Waals surface area contributed by atoms with E-state index in [1.807, 2.05) is 0 Å². The minimum atomic E-state index is -0.401. The molecule has 0 saturated heterocycles. The second-order valence-corrected chi connectivity index (χ2v) is 4.48. The van der Waals surface area contributed by atoms with Gasteiger partial charge in [-0.05, 0) is 6.07 Å². The molecule has 0 amide bonds. The molecule has 0 radical (unpaired) electrons. The fraction of sp³-hybridized carbons (Fsp3) is 0.200. The molecule has 0 unspecified atom stereocenters. The van der Waals surface area contributed by atoms with Crippen LogP contribution in [0.25, 0.3) is 0 Å². The highest BCUT2D eigenvalue weighted by Gasteiger charge is 2.11. The van der Waals surface area contributed by atoms with Crippen molar-refractivity contribution < 1.29 is 14.8 Å². The number of para-hydroxylation sites is 1. The SMILES string of the molecule is COc1ccc(CNCc2ccccc2[N+](=O)[O-])c(O)c1. The van der Waals surface area contributed by atoms with Crippen LogP contribution < -0.4 is 10.1 Å². The van der Waals surface area contributed by atoms with E-state index in [0.29, 0.717) is 30.0 Å². The summed E-state index contributed by atoms with van der Waals surface area (Å²) in [7, 11) is 1.53. The average Bonchev–Trinajstić information content (AvgIpc) is 2.49. The normalized spacial score (nSPS) is 10.3. The number of methoxy groups -OCH3 is 1. The summed E-state index contributed by atoms with van der Waals surface area (Å²) in [5.74, 6) is 0.708. The first-order valence-electron chi connectivity index (χ1n) is 6.40. The number of rotatable bonds is 6. The lowest BCUT2D eigenvalue weighted by Gasteiger charge is -2.08. The van der Waals surface area contributed by atoms with Gasteiger partial charge in [0.2, 0.25) is 0 Å². The Morgan fingerprint density at radius 1 is 1.19 bits per heavy atom. The first kappa shape index (κ1) is 14.8. The van der Waals surface area contributed by atoms with Crippen LogP contribution in [-0.4, -0.2) is 17.1 Å². The predicted molar refractivity (Wildman–Crippen MR) is 78.3 cm³/mol. The van der Waals surface area contributed by atoms with Crippen molar-refractivity contribution in [3.05, 3.63) is 63.7 Å². The molecule has 0 saturated carbocycles. The summed E-state index contributed by atoms with van der Waals surface area (Å²) in [6.45, 7) is 0.754. The third-order valence-corrected chi connectivity index (χ3v) is 3.11. The number of nitro benzene ring substituents is 1. The molecule has 6 heteroatoms. The van der Waals surface area contributed by atoms with E-state index in [2.05, 4.69) is 5.32 Å². The number of hydrogen-bond donors (Lipinski definition) is 2. The number of nitrogens with one attached hydrogen (secondary N) is 1. The van der Waals surface area contributed by atoms with E-state index in [-0.39, 0.29) is 11.4 Å². The Morgan fingerprint density at radius 3 is 2.57 bits per heavy atom. The van der Waals surface area contributed by atoms with Crippen LogP contribution in [0, 0.1) is 10.1 Å². The molecular formula is C15H16N2O4. The van der Waals surface area contributed by atoms with Gasteiger partial charge in [0.25, 0.3) is 5.69 Å². The molecule has 2 N–H and O–H groups in total. The standard InChI is InChI=1S/C15H16N2O4/c1-21-13-7-6-12(15(18)8-13)10-16-9-11-4-2-3-5-14(11)17(19)20/h2-8,16,18H,9-10H2,1H3. The summed E-state index contributed by atoms with van der Waals surface area (Å²) in [6, 6.07) is 11.6. The van der Waals surface area contributed by atoms with Gasteiger partial charge in [-0.2, -0.15) is 0 Å². The monoisotopic (exact) mass is 288 g/mol. The van der Waals surface area contributed by atoms with Crippen LogP contribution in [0.3, 0.4) is 0 Å². The van der Waals surface area contributed by atoms with Gasteiger partial charge >= 0.3 is 0 Å². The molecule has 0 aromatic heterocycles. The largest absolute Gasteiger partial charge is 0.507 e. The zero-order valence-corrected chi connectivity index (χ0v) is 11.6. The van der Waals surface area contributed by atoms with Crippen LogP contribution in [0.5, 0.6) is 11.5 Å². The van der Waals surface area contributed by atoms with E-state index in [1.165, 1.54) is 19.2 Å². The van der Waals surface area contributed by atoms with E-state index in [0.717, 1.165) is 0 Å². The van der Waals surface area contributed by atoms with Crippen molar-refractivity contribution >= 4 is 5.69 Å². The van der Waals surface area contributed by atoms with Crippen molar-refractivity contribution in [1.29, 1.82) is 0 Å². The number of phenols is 1. The molecule has 0 bridgehead atoms. The van der Waals surface area contributed by atoms with Crippen molar-refractivity contribution in [2.75, 3.05) is 7.11 Å². The number of aromatic hydroxyl groups is 1. The summed E-state index contributed by atoms with van der Waals surface area (Å²) in [4.78, 5) is 10.5. The molecule has 0 heterocycles. The van der Waals surface area contributed by atoms with Gasteiger partial charge < -0.3 is 15.2 Å². The quantitative estimate of drug-likeness (QED) is 0.630. The Balaban J connectivity index is 2.00. The molecule has 0 aliphatic heterocycles. The third kappa shape index (κ3) is 3.70. The molecule has 0 atom stereocenters. The van der Waals surface area contributed by atoms with E-state index in [1.54, 1.807) is 30.3 Å². The molecule has 0 spiro atoms. The number of hydrogen-bond acceptors (Lipinski definition) is 5. The van der Waals surface area contributed by atoms with Gasteiger partial charge in [0.05, 0.1) is 12.0 Å². The molecule has 2 rings (SSSR count). The zero-order chi connectivity index (χ0) is 15.2. The maximum atomic E-state index is 10.9. The number of phenolic OH excluding ortho intramolecular Hbond substituents is 1. The molecule has 6 nitrogen and oxygen atoms in total. The Bertz CT molecular complexity index is 643. The lowest BCUT2D eigenvalue weighted by atomic mass is 10.1. The number of ether oxygens (including phenoxy) is 1. The lowest BCUT2D eigenvalue weighted by molar-refractivity contribution is -0.385. The van der Waals surface area contributed by atoms with Crippen LogP contribution in [0.15, 0.2) is 42.5 Å². The van der Waals surface area contributed by atoms with Gasteiger partial charge in [-0.1, -0.05) is 24.3 Å². The molecule has 21 heavy (non-hydrogen) atoms. The van der Waals surface area contributed by atoms with Crippen molar-refractivity contribution in [2.45, 2.75) is 13.1 Å². The van der Waals surface area contributed by atoms with E-state index in [4.69, 9.17) is 4.74 Å². The van der Waals surface area contributed by atoms with Gasteiger partial charge in [0, 0.05) is 36.3 Å². The van der Waals surface area contributed by atoms with E-state index in [9.17, 15) is 15.2 Å². The Morgan fingerprint density at radius 2 is 1.90 bits per heavy atom. The van der Waals surface area contributed by atoms with Crippen molar-refractivity contribution in [3.63, 3.8) is 0 Å². The minimum absolute atomic E-state index is 0.0870. The molecule has 2 aromatic rings. The summed E-state index contributed by atoms with van der Waals surface area (Å²) in [6.07, 6.45) is 0. The third-order valence-electron chi connectivity index (χ3n) is 3.11. The number of nitro groups is 1. The van der Waals surface area contributed by atoms with Crippen molar-refractivity contribution in [3.8, 4) is 11.5 Å². The van der Waals surface area contributed by atoms with Gasteiger partial charge in [-0.25, -0.2) is 0 Å². The molecule has 2 aromatic carbocycles. The Hall–Kier alpha value is -2.60. The molecular weight excluding hydrogens is 272 g/mol. The molecule has 0 aliphatic carbocycles. The van der Waals surface area contributed by atoms with E-state index < -0.39 is 4.92 Å².